The molecule has 0 aliphatic rings. The molecule has 0 fully saturated rings. The smallest absolute Gasteiger partial charge is 0.0449 e. The van der Waals surface area contributed by atoms with Crippen LogP contribution in [0.5, 0.6) is 0 Å². The first-order valence-electron chi connectivity index (χ1n) is 4.12. The lowest BCUT2D eigenvalue weighted by molar-refractivity contribution is 0.524. The largest absolute Gasteiger partial charge is 0.772 e. The highest BCUT2D eigenvalue weighted by molar-refractivity contribution is 14.1. The molecule has 0 aliphatic carbocycles. The van der Waals surface area contributed by atoms with Gasteiger partial charge < -0.3 is 10.3 Å². The molecule has 1 rings (SSSR count). The van der Waals surface area contributed by atoms with E-state index in [1.807, 2.05) is 12.1 Å². The maximum absolute atomic E-state index is 10.6. The number of hydrogen-bond acceptors (Lipinski definition) is 3. The number of hydrogen-bond donors (Lipinski definition) is 1. The minimum Gasteiger partial charge on any atom is -0.772 e. The third kappa shape index (κ3) is 3.21. The Kier molecular flexibility index (Phi) is 4.33. The van der Waals surface area contributed by atoms with Crippen molar-refractivity contribution in [1.82, 2.24) is 0 Å². The Morgan fingerprint density at radius 1 is 1.64 bits per heavy atom. The average molecular weight is 324 g/mol. The number of halogens is 1. The van der Waals surface area contributed by atoms with Gasteiger partial charge in [0.05, 0.1) is 0 Å². The maximum atomic E-state index is 10.6. The summed E-state index contributed by atoms with van der Waals surface area (Å²) in [6.07, 6.45) is 0.534. The Morgan fingerprint density at radius 2 is 2.29 bits per heavy atom. The van der Waals surface area contributed by atoms with Crippen molar-refractivity contribution >= 4 is 39.4 Å². The van der Waals surface area contributed by atoms with E-state index < -0.39 is 11.1 Å². The molecule has 3 nitrogen and oxygen atoms in total. The van der Waals surface area contributed by atoms with Crippen molar-refractivity contribution in [2.45, 2.75) is 18.6 Å². The summed E-state index contributed by atoms with van der Waals surface area (Å²) in [6, 6.07) is 5.58. The summed E-state index contributed by atoms with van der Waals surface area (Å²) in [6.45, 7) is 1.69. The normalized spacial score (nSPS) is 15.1. The number of nitrogen functional groups attached to an aromatic ring is 1. The molecule has 0 saturated carbocycles. The molecule has 0 heterocycles. The Hall–Kier alpha value is -0.140. The van der Waals surface area contributed by atoms with Crippen LogP contribution in [0.15, 0.2) is 18.2 Å². The molecular formula is C9H11INO2S-. The van der Waals surface area contributed by atoms with Crippen LogP contribution in [0, 0.1) is 3.57 Å². The van der Waals surface area contributed by atoms with Crippen LogP contribution >= 0.6 is 22.6 Å². The van der Waals surface area contributed by atoms with Crippen LogP contribution in [0.3, 0.4) is 0 Å². The maximum Gasteiger partial charge on any atom is 0.0449 e. The molecule has 0 aromatic heterocycles. The fraction of sp³-hybridized carbons (Fsp3) is 0.333. The van der Waals surface area contributed by atoms with Crippen molar-refractivity contribution in [3.63, 3.8) is 0 Å². The second-order valence-corrected chi connectivity index (χ2v) is 5.62. The molecule has 2 N–H and O–H groups in total. The Morgan fingerprint density at radius 3 is 2.79 bits per heavy atom. The van der Waals surface area contributed by atoms with Gasteiger partial charge in [-0.3, -0.25) is 4.21 Å². The van der Waals surface area contributed by atoms with Gasteiger partial charge in [0.2, 0.25) is 0 Å². The van der Waals surface area contributed by atoms with Gasteiger partial charge in [-0.1, -0.05) is 24.1 Å². The molecule has 0 amide bonds. The minimum absolute atomic E-state index is 0.352. The van der Waals surface area contributed by atoms with E-state index in [0.29, 0.717) is 6.42 Å². The SMILES string of the molecule is CC(Cc1ccc(N)c(I)c1)S(=O)[O-]. The van der Waals surface area contributed by atoms with Crippen molar-refractivity contribution in [3.05, 3.63) is 27.3 Å². The van der Waals surface area contributed by atoms with E-state index in [9.17, 15) is 8.76 Å². The number of benzene rings is 1. The number of rotatable bonds is 3. The van der Waals surface area contributed by atoms with E-state index in [1.54, 1.807) is 13.0 Å². The minimum atomic E-state index is -2.01. The first kappa shape index (κ1) is 11.9. The van der Waals surface area contributed by atoms with E-state index in [1.165, 1.54) is 0 Å². The topological polar surface area (TPSA) is 66.2 Å². The Bertz CT molecular complexity index is 357. The highest BCUT2D eigenvalue weighted by Gasteiger charge is 2.05. The molecule has 1 aromatic rings. The zero-order chi connectivity index (χ0) is 10.7. The zero-order valence-corrected chi connectivity index (χ0v) is 10.7. The highest BCUT2D eigenvalue weighted by atomic mass is 127. The number of anilines is 1. The molecular weight excluding hydrogens is 313 g/mol. The molecule has 2 atom stereocenters. The van der Waals surface area contributed by atoms with Gasteiger partial charge >= 0.3 is 0 Å². The standard InChI is InChI=1S/C9H12INO2S/c1-6(14(12)13)4-7-2-3-9(11)8(10)5-7/h2-3,5-6H,4,11H2,1H3,(H,12,13)/p-1. The van der Waals surface area contributed by atoms with E-state index >= 15 is 0 Å². The van der Waals surface area contributed by atoms with Gasteiger partial charge in [-0.2, -0.15) is 0 Å². The fourth-order valence-electron chi connectivity index (χ4n) is 1.10. The van der Waals surface area contributed by atoms with Crippen molar-refractivity contribution in [2.24, 2.45) is 0 Å². The van der Waals surface area contributed by atoms with Gasteiger partial charge in [0.15, 0.2) is 0 Å². The van der Waals surface area contributed by atoms with E-state index in [0.717, 1.165) is 14.8 Å². The first-order chi connectivity index (χ1) is 6.50. The molecule has 0 spiro atoms. The molecule has 1 aromatic carbocycles. The summed E-state index contributed by atoms with van der Waals surface area (Å²) in [5, 5.41) is -0.352. The zero-order valence-electron chi connectivity index (χ0n) is 7.70. The van der Waals surface area contributed by atoms with Crippen LogP contribution in [-0.4, -0.2) is 14.0 Å². The summed E-state index contributed by atoms with van der Waals surface area (Å²) in [7, 11) is 0. The Balaban J connectivity index is 2.78. The third-order valence-electron chi connectivity index (χ3n) is 1.92. The predicted molar refractivity (Wildman–Crippen MR) is 65.7 cm³/mol. The van der Waals surface area contributed by atoms with Crippen LogP contribution in [0.2, 0.25) is 0 Å². The molecule has 0 radical (unpaired) electrons. The predicted octanol–water partition coefficient (Wildman–Crippen LogP) is 1.68. The molecule has 0 bridgehead atoms. The van der Waals surface area contributed by atoms with Crippen LogP contribution in [-0.2, 0) is 17.5 Å². The summed E-state index contributed by atoms with van der Waals surface area (Å²) < 4.78 is 22.2. The molecule has 78 valence electrons. The monoisotopic (exact) mass is 324 g/mol. The first-order valence-corrected chi connectivity index (χ1v) is 6.34. The van der Waals surface area contributed by atoms with Crippen molar-refractivity contribution in [3.8, 4) is 0 Å². The summed E-state index contributed by atoms with van der Waals surface area (Å²) in [5.74, 6) is 0. The van der Waals surface area contributed by atoms with Crippen LogP contribution in [0.4, 0.5) is 5.69 Å². The molecule has 0 saturated heterocycles. The van der Waals surface area contributed by atoms with E-state index in [2.05, 4.69) is 22.6 Å². The van der Waals surface area contributed by atoms with E-state index in [4.69, 9.17) is 5.73 Å². The lowest BCUT2D eigenvalue weighted by Crippen LogP contribution is -2.13. The molecule has 0 aliphatic heterocycles. The lowest BCUT2D eigenvalue weighted by atomic mass is 10.1. The van der Waals surface area contributed by atoms with E-state index in [-0.39, 0.29) is 5.25 Å². The van der Waals surface area contributed by atoms with Gasteiger partial charge in [-0.25, -0.2) is 0 Å². The second-order valence-electron chi connectivity index (χ2n) is 3.13. The molecule has 5 heteroatoms. The average Bonchev–Trinajstić information content (AvgIpc) is 2.11. The van der Waals surface area contributed by atoms with Gasteiger partial charge in [-0.15, -0.1) is 0 Å². The van der Waals surface area contributed by atoms with Crippen LogP contribution in [0.25, 0.3) is 0 Å². The lowest BCUT2D eigenvalue weighted by Gasteiger charge is -2.14. The van der Waals surface area contributed by atoms with Crippen molar-refractivity contribution in [1.29, 1.82) is 0 Å². The quantitative estimate of drug-likeness (QED) is 0.523. The summed E-state index contributed by atoms with van der Waals surface area (Å²) in [5.41, 5.74) is 7.38. The van der Waals surface area contributed by atoms with Crippen molar-refractivity contribution in [2.75, 3.05) is 5.73 Å². The van der Waals surface area contributed by atoms with Gasteiger partial charge in [0.1, 0.15) is 0 Å². The Labute approximate surface area is 99.5 Å². The third-order valence-corrected chi connectivity index (χ3v) is 3.67. The number of nitrogens with two attached hydrogens (primary N) is 1. The van der Waals surface area contributed by atoms with Crippen LogP contribution < -0.4 is 5.73 Å². The van der Waals surface area contributed by atoms with Gasteiger partial charge in [-0.05, 0) is 46.7 Å². The second kappa shape index (κ2) is 5.09. The molecule has 14 heavy (non-hydrogen) atoms. The summed E-state index contributed by atoms with van der Waals surface area (Å²) in [4.78, 5) is 0. The molecule has 2 unspecified atom stereocenters. The van der Waals surface area contributed by atoms with Crippen LogP contribution in [0.1, 0.15) is 12.5 Å². The summed E-state index contributed by atoms with van der Waals surface area (Å²) >= 11 is 0.129. The van der Waals surface area contributed by atoms with Crippen molar-refractivity contribution < 1.29 is 8.76 Å². The van der Waals surface area contributed by atoms with Gasteiger partial charge in [0.25, 0.3) is 0 Å². The fourth-order valence-corrected chi connectivity index (χ4v) is 2.01. The van der Waals surface area contributed by atoms with Gasteiger partial charge in [0, 0.05) is 14.5 Å². The highest BCUT2D eigenvalue weighted by Crippen LogP contribution is 2.17.